The summed E-state index contributed by atoms with van der Waals surface area (Å²) in [5.74, 6) is -0.839. The molecule has 3 aliphatic carbocycles. The first-order chi connectivity index (χ1) is 22.3. The quantitative estimate of drug-likeness (QED) is 0.292. The third-order valence-corrected chi connectivity index (χ3v) is 9.26. The fraction of sp³-hybridized carbons (Fsp3) is 0.379. The van der Waals surface area contributed by atoms with Crippen molar-refractivity contribution in [2.45, 2.75) is 61.6 Å². The van der Waals surface area contributed by atoms with Gasteiger partial charge < -0.3 is 15.8 Å². The maximum absolute atomic E-state index is 14.1. The van der Waals surface area contributed by atoms with Gasteiger partial charge in [0, 0.05) is 29.7 Å². The molecule has 4 aliphatic rings. The summed E-state index contributed by atoms with van der Waals surface area (Å²) in [6.07, 6.45) is 1.74. The number of aromatic nitrogens is 5. The number of alkyl halides is 5. The summed E-state index contributed by atoms with van der Waals surface area (Å²) in [6, 6.07) is 3.78. The van der Waals surface area contributed by atoms with Crippen LogP contribution >= 0.6 is 11.6 Å². The van der Waals surface area contributed by atoms with Gasteiger partial charge in [-0.15, -0.1) is 0 Å². The minimum atomic E-state index is -4.66. The maximum Gasteiger partial charge on any atom is 0.411 e. The highest BCUT2D eigenvalue weighted by molar-refractivity contribution is 6.33. The van der Waals surface area contributed by atoms with E-state index in [1.54, 1.807) is 36.4 Å². The van der Waals surface area contributed by atoms with Gasteiger partial charge in [0.25, 0.3) is 5.91 Å². The summed E-state index contributed by atoms with van der Waals surface area (Å²) >= 11 is 6.44. The molecule has 246 valence electrons. The Balaban J connectivity index is 1.16. The van der Waals surface area contributed by atoms with E-state index in [9.17, 15) is 31.5 Å². The minimum Gasteiger partial charge on any atom is -0.443 e. The van der Waals surface area contributed by atoms with Crippen molar-refractivity contribution >= 4 is 35.1 Å². The van der Waals surface area contributed by atoms with Crippen molar-refractivity contribution in [3.05, 3.63) is 71.3 Å². The molecule has 1 aromatic carbocycles. The smallest absolute Gasteiger partial charge is 0.411 e. The van der Waals surface area contributed by atoms with E-state index in [1.165, 1.54) is 23.6 Å². The largest absolute Gasteiger partial charge is 0.443 e. The number of amides is 2. The molecule has 47 heavy (non-hydrogen) atoms. The van der Waals surface area contributed by atoms with Crippen molar-refractivity contribution in [3.63, 3.8) is 0 Å². The highest BCUT2D eigenvalue weighted by atomic mass is 35.5. The number of carbonyl (C=O) groups is 2. The zero-order valence-corrected chi connectivity index (χ0v) is 24.8. The fourth-order valence-electron chi connectivity index (χ4n) is 6.16. The van der Waals surface area contributed by atoms with Crippen LogP contribution in [0.1, 0.15) is 43.4 Å². The summed E-state index contributed by atoms with van der Waals surface area (Å²) < 4.78 is 72.7. The monoisotopic (exact) mass is 677 g/mol. The predicted octanol–water partition coefficient (Wildman–Crippen LogP) is 4.69. The second-order valence-electron chi connectivity index (χ2n) is 11.8. The number of nitrogens with zero attached hydrogens (tertiary/aromatic N) is 6. The highest BCUT2D eigenvalue weighted by Crippen LogP contribution is 2.56. The Hall–Kier alpha value is -4.80. The minimum absolute atomic E-state index is 0.00424. The average Bonchev–Trinajstić information content (AvgIpc) is 3.69. The number of halogens is 6. The van der Waals surface area contributed by atoms with Gasteiger partial charge >= 0.3 is 18.8 Å². The summed E-state index contributed by atoms with van der Waals surface area (Å²) in [5.41, 5.74) is 4.55. The number of carbonyl (C=O) groups excluding carboxylic acids is 2. The average molecular weight is 678 g/mol. The van der Waals surface area contributed by atoms with Crippen molar-refractivity contribution in [1.82, 2.24) is 35.2 Å². The van der Waals surface area contributed by atoms with Crippen molar-refractivity contribution in [2.75, 3.05) is 0 Å². The van der Waals surface area contributed by atoms with Gasteiger partial charge in [-0.05, 0) is 42.5 Å². The van der Waals surface area contributed by atoms with Crippen LogP contribution in [0.15, 0.2) is 60.1 Å². The molecule has 0 radical (unpaired) electrons. The molecule has 4 atom stereocenters. The van der Waals surface area contributed by atoms with Crippen LogP contribution in [0.25, 0.3) is 17.0 Å². The van der Waals surface area contributed by atoms with E-state index in [0.29, 0.717) is 44.2 Å². The number of aliphatic imine (C=N–C) groups is 1. The lowest BCUT2D eigenvalue weighted by Crippen LogP contribution is -2.51. The number of alkyl carbamates (subject to hydrolysis) is 1. The molecule has 7 rings (SSSR count). The molecule has 4 N–H and O–H groups in total. The molecule has 2 unspecified atom stereocenters. The Morgan fingerprint density at radius 1 is 1.26 bits per heavy atom. The van der Waals surface area contributed by atoms with Gasteiger partial charge in [0.2, 0.25) is 0 Å². The van der Waals surface area contributed by atoms with Crippen molar-refractivity contribution in [3.8, 4) is 11.4 Å². The van der Waals surface area contributed by atoms with Crippen LogP contribution in [-0.2, 0) is 15.1 Å². The number of aromatic amines is 1. The van der Waals surface area contributed by atoms with Crippen LogP contribution in [0.3, 0.4) is 0 Å². The van der Waals surface area contributed by atoms with E-state index in [-0.39, 0.29) is 25.2 Å². The number of rotatable bonds is 8. The van der Waals surface area contributed by atoms with Crippen LogP contribution in [0, 0.1) is 5.92 Å². The van der Waals surface area contributed by atoms with Gasteiger partial charge in [0.05, 0.1) is 11.2 Å². The summed E-state index contributed by atoms with van der Waals surface area (Å²) in [7, 11) is 0. The van der Waals surface area contributed by atoms with E-state index in [2.05, 4.69) is 25.3 Å². The topological polar surface area (TPSA) is 156 Å². The molecule has 1 aliphatic heterocycles. The molecule has 2 saturated carbocycles. The Bertz CT molecular complexity index is 1840. The number of benzene rings is 1. The number of hydrogen-bond acceptors (Lipinski definition) is 8. The second-order valence-corrected chi connectivity index (χ2v) is 12.2. The molecule has 3 heterocycles. The van der Waals surface area contributed by atoms with Crippen molar-refractivity contribution in [2.24, 2.45) is 16.6 Å². The van der Waals surface area contributed by atoms with Crippen LogP contribution in [0.4, 0.5) is 26.7 Å². The van der Waals surface area contributed by atoms with Gasteiger partial charge in [-0.2, -0.15) is 32.1 Å². The zero-order chi connectivity index (χ0) is 33.3. The van der Waals surface area contributed by atoms with Gasteiger partial charge in [-0.1, -0.05) is 35.9 Å². The molecule has 12 nitrogen and oxygen atoms in total. The van der Waals surface area contributed by atoms with Crippen LogP contribution in [-0.4, -0.2) is 71.7 Å². The van der Waals surface area contributed by atoms with Crippen molar-refractivity contribution in [1.29, 1.82) is 0 Å². The SMILES string of the molecule is NC1=N[C@H](C2C=CC(c3cnn(C(F)F)c3)=CC2)C(=O)N1C1(c2ccc(Cl)c(-c3ncn[nH]3)c2)C[C@@H]1OC(=O)NC1(C(F)(F)F)CC1. The maximum atomic E-state index is 14.1. The molecule has 2 fully saturated rings. The summed E-state index contributed by atoms with van der Waals surface area (Å²) in [5, 5.41) is 12.4. The Morgan fingerprint density at radius 2 is 2.04 bits per heavy atom. The lowest BCUT2D eigenvalue weighted by Gasteiger charge is -2.30. The second kappa shape index (κ2) is 10.9. The number of guanidine groups is 1. The first-order valence-electron chi connectivity index (χ1n) is 14.4. The number of nitrogens with two attached hydrogens (primary N) is 1. The third-order valence-electron chi connectivity index (χ3n) is 8.93. The third kappa shape index (κ3) is 5.21. The molecule has 18 heteroatoms. The summed E-state index contributed by atoms with van der Waals surface area (Å²) in [6.45, 7) is -2.79. The van der Waals surface area contributed by atoms with E-state index >= 15 is 0 Å². The highest BCUT2D eigenvalue weighted by Gasteiger charge is 2.69. The lowest BCUT2D eigenvalue weighted by atomic mass is 9.88. The lowest BCUT2D eigenvalue weighted by molar-refractivity contribution is -0.164. The Kier molecular flexibility index (Phi) is 7.14. The first-order valence-corrected chi connectivity index (χ1v) is 14.8. The molecule has 0 bridgehead atoms. The van der Waals surface area contributed by atoms with Gasteiger partial charge in [-0.3, -0.25) is 14.8 Å². The normalized spacial score (nSPS) is 26.3. The number of H-pyrrole nitrogens is 1. The summed E-state index contributed by atoms with van der Waals surface area (Å²) in [4.78, 5) is 36.7. The number of nitrogens with one attached hydrogen (secondary N) is 2. The van der Waals surface area contributed by atoms with Crippen LogP contribution in [0.5, 0.6) is 0 Å². The predicted molar refractivity (Wildman–Crippen MR) is 156 cm³/mol. The van der Waals surface area contributed by atoms with Gasteiger partial charge in [-0.25, -0.2) is 19.5 Å². The van der Waals surface area contributed by atoms with E-state index in [0.717, 1.165) is 0 Å². The molecule has 2 aromatic heterocycles. The zero-order valence-electron chi connectivity index (χ0n) is 24.1. The first kappa shape index (κ1) is 30.8. The van der Waals surface area contributed by atoms with E-state index < -0.39 is 53.9 Å². The van der Waals surface area contributed by atoms with Gasteiger partial charge in [0.15, 0.2) is 11.8 Å². The van der Waals surface area contributed by atoms with Crippen LogP contribution in [0.2, 0.25) is 5.02 Å². The number of ether oxygens (including phenoxy) is 1. The molecule has 3 aromatic rings. The molecule has 2 amide bonds. The molecular weight excluding hydrogens is 653 g/mol. The van der Waals surface area contributed by atoms with Crippen molar-refractivity contribution < 1.29 is 36.3 Å². The number of hydrogen-bond donors (Lipinski definition) is 3. The Labute approximate surface area is 267 Å². The van der Waals surface area contributed by atoms with Gasteiger partial charge in [0.1, 0.15) is 29.6 Å². The Morgan fingerprint density at radius 3 is 2.66 bits per heavy atom. The number of allylic oxidation sites excluding steroid dienone is 3. The van der Waals surface area contributed by atoms with E-state index in [1.807, 2.05) is 5.32 Å². The molecular formula is C29H25ClF5N9O3. The van der Waals surface area contributed by atoms with Crippen LogP contribution < -0.4 is 11.1 Å². The van der Waals surface area contributed by atoms with E-state index in [4.69, 9.17) is 22.1 Å². The fourth-order valence-corrected chi connectivity index (χ4v) is 6.37. The molecule has 0 saturated heterocycles. The standard InChI is InChI=1S/C29H25ClF5N9O3/c30-19-6-5-17(9-18(19)22-37-13-38-42-22)28(10-20(28)47-26(46)41-27(7-8-27)29(33,34)35)44-23(45)21(40-25(44)36)15-3-1-14(2-4-15)16-11-39-43(12-16)24(31)32/h1-3,5-6,9,11-13,15,20-21,24H,4,7-8,10H2,(H2,36,40)(H,41,46)(H,37,38,42)/t15?,20-,21+,28?/m0/s1. The molecule has 0 spiro atoms.